The molecule has 4 rings (SSSR count). The number of rotatable bonds is 7. The van der Waals surface area contributed by atoms with E-state index in [1.807, 2.05) is 49.1 Å². The molecule has 0 spiro atoms. The fourth-order valence-electron chi connectivity index (χ4n) is 3.65. The fourth-order valence-corrected chi connectivity index (χ4v) is 3.65. The number of nitrogens with one attached hydrogen (secondary N) is 2. The molecule has 1 saturated heterocycles. The van der Waals surface area contributed by atoms with Crippen molar-refractivity contribution in [3.63, 3.8) is 0 Å². The van der Waals surface area contributed by atoms with Gasteiger partial charge in [-0.2, -0.15) is 5.10 Å². The summed E-state index contributed by atoms with van der Waals surface area (Å²) in [4.78, 5) is 34.8. The van der Waals surface area contributed by atoms with Gasteiger partial charge in [-0.15, -0.1) is 0 Å². The maximum absolute atomic E-state index is 13.0. The molecule has 2 N–H and O–H groups in total. The zero-order valence-corrected chi connectivity index (χ0v) is 18.3. The summed E-state index contributed by atoms with van der Waals surface area (Å²) in [5, 5.41) is 7.35. The number of nitrogens with zero attached hydrogens (tertiary/aromatic N) is 4. The molecular formula is C23H28N6O3. The summed E-state index contributed by atoms with van der Waals surface area (Å²) < 4.78 is 7.14. The number of morpholine rings is 1. The van der Waals surface area contributed by atoms with Crippen LogP contribution in [0.2, 0.25) is 0 Å². The van der Waals surface area contributed by atoms with Crippen molar-refractivity contribution in [1.82, 2.24) is 25.1 Å². The number of hydrogen-bond donors (Lipinski definition) is 2. The summed E-state index contributed by atoms with van der Waals surface area (Å²) in [5.74, 6) is 0.316. The maximum Gasteiger partial charge on any atom is 0.254 e. The molecule has 32 heavy (non-hydrogen) atoms. The largest absolute Gasteiger partial charge is 0.378 e. The molecule has 1 atom stereocenters. The van der Waals surface area contributed by atoms with Crippen LogP contribution >= 0.6 is 0 Å². The molecule has 1 aromatic carbocycles. The van der Waals surface area contributed by atoms with Gasteiger partial charge < -0.3 is 15.0 Å². The second-order valence-corrected chi connectivity index (χ2v) is 8.10. The quantitative estimate of drug-likeness (QED) is 0.588. The first-order valence-corrected chi connectivity index (χ1v) is 10.8. The molecule has 9 nitrogen and oxygen atoms in total. The van der Waals surface area contributed by atoms with Gasteiger partial charge in [0, 0.05) is 37.8 Å². The normalized spacial score (nSPS) is 15.0. The summed E-state index contributed by atoms with van der Waals surface area (Å²) in [7, 11) is 0. The predicted molar refractivity (Wildman–Crippen MR) is 121 cm³/mol. The van der Waals surface area contributed by atoms with E-state index >= 15 is 0 Å². The molecule has 1 unspecified atom stereocenters. The summed E-state index contributed by atoms with van der Waals surface area (Å²) in [6.45, 7) is 6.55. The van der Waals surface area contributed by atoms with Crippen molar-refractivity contribution in [2.24, 2.45) is 0 Å². The topological polar surface area (TPSA) is 105 Å². The van der Waals surface area contributed by atoms with Crippen LogP contribution in [-0.2, 0) is 11.2 Å². The van der Waals surface area contributed by atoms with Crippen LogP contribution in [0.15, 0.2) is 53.6 Å². The number of hydrogen-bond acceptors (Lipinski definition) is 6. The summed E-state index contributed by atoms with van der Waals surface area (Å²) in [6, 6.07) is 11.0. The Labute approximate surface area is 186 Å². The highest BCUT2D eigenvalue weighted by Crippen LogP contribution is 2.19. The van der Waals surface area contributed by atoms with Crippen molar-refractivity contribution in [2.75, 3.05) is 31.2 Å². The number of ether oxygens (including phenoxy) is 1. The lowest BCUT2D eigenvalue weighted by atomic mass is 10.0. The molecule has 0 saturated carbocycles. The first kappa shape index (κ1) is 21.8. The van der Waals surface area contributed by atoms with Gasteiger partial charge in [-0.25, -0.2) is 4.98 Å². The number of carbonyl (C=O) groups excluding carboxylic acids is 1. The van der Waals surface area contributed by atoms with Crippen LogP contribution in [0.5, 0.6) is 0 Å². The molecule has 3 heterocycles. The number of anilines is 1. The van der Waals surface area contributed by atoms with Gasteiger partial charge in [-0.3, -0.25) is 19.3 Å². The molecule has 1 fully saturated rings. The van der Waals surface area contributed by atoms with Crippen LogP contribution in [0, 0.1) is 0 Å². The van der Waals surface area contributed by atoms with Gasteiger partial charge in [0.15, 0.2) is 0 Å². The smallest absolute Gasteiger partial charge is 0.254 e. The van der Waals surface area contributed by atoms with E-state index in [-0.39, 0.29) is 23.6 Å². The van der Waals surface area contributed by atoms with Crippen LogP contribution in [0.4, 0.5) is 5.95 Å². The van der Waals surface area contributed by atoms with E-state index in [0.29, 0.717) is 49.9 Å². The van der Waals surface area contributed by atoms with Gasteiger partial charge in [0.25, 0.3) is 11.5 Å². The predicted octanol–water partition coefficient (Wildman–Crippen LogP) is 2.10. The average molecular weight is 437 g/mol. The molecule has 0 aliphatic carbocycles. The van der Waals surface area contributed by atoms with Crippen molar-refractivity contribution in [3.8, 4) is 0 Å². The van der Waals surface area contributed by atoms with Gasteiger partial charge >= 0.3 is 0 Å². The Kier molecular flexibility index (Phi) is 6.65. The van der Waals surface area contributed by atoms with Crippen molar-refractivity contribution in [1.29, 1.82) is 0 Å². The second kappa shape index (κ2) is 9.78. The Morgan fingerprint density at radius 1 is 1.22 bits per heavy atom. The van der Waals surface area contributed by atoms with Crippen molar-refractivity contribution >= 4 is 11.9 Å². The number of aromatic amines is 1. The van der Waals surface area contributed by atoms with Gasteiger partial charge in [0.05, 0.1) is 36.7 Å². The number of H-pyrrole nitrogens is 1. The van der Waals surface area contributed by atoms with E-state index < -0.39 is 0 Å². The Morgan fingerprint density at radius 2 is 1.97 bits per heavy atom. The van der Waals surface area contributed by atoms with Crippen LogP contribution in [0.25, 0.3) is 0 Å². The van der Waals surface area contributed by atoms with E-state index in [4.69, 9.17) is 4.74 Å². The Hall–Kier alpha value is -3.46. The highest BCUT2D eigenvalue weighted by molar-refractivity contribution is 5.94. The highest BCUT2D eigenvalue weighted by Gasteiger charge is 2.20. The number of carbonyl (C=O) groups is 1. The van der Waals surface area contributed by atoms with E-state index in [1.165, 1.54) is 6.07 Å². The highest BCUT2D eigenvalue weighted by atomic mass is 16.5. The van der Waals surface area contributed by atoms with Crippen LogP contribution in [0.1, 0.15) is 47.5 Å². The Balaban J connectivity index is 1.58. The van der Waals surface area contributed by atoms with Crippen LogP contribution in [-0.4, -0.2) is 52.0 Å². The van der Waals surface area contributed by atoms with E-state index in [2.05, 4.69) is 20.4 Å². The Bertz CT molecular complexity index is 1100. The van der Waals surface area contributed by atoms with Gasteiger partial charge in [-0.1, -0.05) is 30.3 Å². The van der Waals surface area contributed by atoms with E-state index in [0.717, 1.165) is 5.56 Å². The summed E-state index contributed by atoms with van der Waals surface area (Å²) in [6.07, 6.45) is 3.69. The molecule has 1 aliphatic rings. The first-order valence-electron chi connectivity index (χ1n) is 10.8. The maximum atomic E-state index is 13.0. The van der Waals surface area contributed by atoms with E-state index in [1.54, 1.807) is 17.1 Å². The van der Waals surface area contributed by atoms with Crippen LogP contribution in [0.3, 0.4) is 0 Å². The first-order chi connectivity index (χ1) is 15.5. The number of aromatic nitrogens is 4. The summed E-state index contributed by atoms with van der Waals surface area (Å²) in [5.41, 5.74) is 1.83. The van der Waals surface area contributed by atoms with Crippen LogP contribution < -0.4 is 15.8 Å². The molecule has 2 aromatic heterocycles. The van der Waals surface area contributed by atoms with Crippen molar-refractivity contribution in [2.45, 2.75) is 32.4 Å². The average Bonchev–Trinajstić information content (AvgIpc) is 3.30. The van der Waals surface area contributed by atoms with Crippen molar-refractivity contribution < 1.29 is 9.53 Å². The monoisotopic (exact) mass is 436 g/mol. The molecule has 0 radical (unpaired) electrons. The summed E-state index contributed by atoms with van der Waals surface area (Å²) >= 11 is 0. The second-order valence-electron chi connectivity index (χ2n) is 8.10. The lowest BCUT2D eigenvalue weighted by Gasteiger charge is -2.27. The van der Waals surface area contributed by atoms with Crippen molar-refractivity contribution in [3.05, 3.63) is 76.0 Å². The third kappa shape index (κ3) is 5.23. The Morgan fingerprint density at radius 3 is 2.66 bits per heavy atom. The minimum Gasteiger partial charge on any atom is -0.378 e. The standard InChI is InChI=1S/C23H28N6O3/c1-16(2)29-15-18(14-24-29)22(31)26-20(17-6-4-3-5-7-17)12-19-13-21(30)27-23(25-19)28-8-10-32-11-9-28/h3-7,13-16,20H,8-12H2,1-2H3,(H,26,31)(H,25,27,30). The molecule has 168 valence electrons. The molecule has 3 aromatic rings. The molecule has 1 aliphatic heterocycles. The lowest BCUT2D eigenvalue weighted by molar-refractivity contribution is 0.0936. The zero-order valence-electron chi connectivity index (χ0n) is 18.3. The minimum absolute atomic E-state index is 0.167. The molecule has 1 amide bonds. The third-order valence-electron chi connectivity index (χ3n) is 5.41. The molecule has 9 heteroatoms. The fraction of sp³-hybridized carbons (Fsp3) is 0.391. The van der Waals surface area contributed by atoms with E-state index in [9.17, 15) is 9.59 Å². The number of benzene rings is 1. The SMILES string of the molecule is CC(C)n1cc(C(=O)NC(Cc2cc(=O)[nH]c(N3CCOCC3)n2)c2ccccc2)cn1. The molecular weight excluding hydrogens is 408 g/mol. The molecule has 0 bridgehead atoms. The zero-order chi connectivity index (χ0) is 22.5. The van der Waals surface area contributed by atoms with Gasteiger partial charge in [0.1, 0.15) is 0 Å². The van der Waals surface area contributed by atoms with Gasteiger partial charge in [-0.05, 0) is 19.4 Å². The lowest BCUT2D eigenvalue weighted by Crippen LogP contribution is -2.38. The number of amides is 1. The minimum atomic E-state index is -0.349. The third-order valence-corrected chi connectivity index (χ3v) is 5.41. The van der Waals surface area contributed by atoms with Gasteiger partial charge in [0.2, 0.25) is 5.95 Å².